The molecule has 0 aromatic carbocycles. The zero-order chi connectivity index (χ0) is 14.2. The first-order chi connectivity index (χ1) is 8.14. The number of hydrogen-bond donors (Lipinski definition) is 4. The Morgan fingerprint density at radius 2 is 1.61 bits per heavy atom. The SMILES string of the molecule is COCCOCC(COP(=O)(O)O)OP(=O)(O)O. The number of rotatable bonds is 10. The van der Waals surface area contributed by atoms with E-state index in [4.69, 9.17) is 24.3 Å². The van der Waals surface area contributed by atoms with Crippen molar-refractivity contribution in [2.45, 2.75) is 6.10 Å². The van der Waals surface area contributed by atoms with Gasteiger partial charge < -0.3 is 29.0 Å². The molecule has 0 aliphatic heterocycles. The molecule has 0 aliphatic rings. The Labute approximate surface area is 103 Å². The monoisotopic (exact) mass is 310 g/mol. The van der Waals surface area contributed by atoms with Gasteiger partial charge in [0.05, 0.1) is 26.4 Å². The smallest absolute Gasteiger partial charge is 0.382 e. The Hall–Kier alpha value is 0.140. The van der Waals surface area contributed by atoms with Crippen LogP contribution < -0.4 is 0 Å². The zero-order valence-electron chi connectivity index (χ0n) is 9.54. The Bertz CT molecular complexity index is 307. The highest BCUT2D eigenvalue weighted by Crippen LogP contribution is 2.40. The molecule has 0 amide bonds. The standard InChI is InChI=1S/C6H16O10P2/c1-13-2-3-14-4-6(16-18(10,11)12)5-15-17(7,8)9/h6H,2-5H2,1H3,(H2,7,8,9)(H2,10,11,12). The molecule has 0 aromatic heterocycles. The molecule has 0 fully saturated rings. The molecule has 1 atom stereocenters. The minimum atomic E-state index is -4.80. The summed E-state index contributed by atoms with van der Waals surface area (Å²) in [5.41, 5.74) is 0. The number of hydrogen-bond acceptors (Lipinski definition) is 6. The predicted octanol–water partition coefficient (Wildman–Crippen LogP) is -0.763. The Kier molecular flexibility index (Phi) is 8.40. The lowest BCUT2D eigenvalue weighted by atomic mass is 10.4. The quantitative estimate of drug-likeness (QED) is 0.299. The Balaban J connectivity index is 4.17. The summed E-state index contributed by atoms with van der Waals surface area (Å²) in [4.78, 5) is 34.1. The lowest BCUT2D eigenvalue weighted by Gasteiger charge is -2.18. The molecule has 12 heteroatoms. The molecule has 0 aliphatic carbocycles. The van der Waals surface area contributed by atoms with E-state index < -0.39 is 28.4 Å². The second-order valence-corrected chi connectivity index (χ2v) is 5.50. The van der Waals surface area contributed by atoms with Gasteiger partial charge in [0.15, 0.2) is 0 Å². The zero-order valence-corrected chi connectivity index (χ0v) is 11.3. The van der Waals surface area contributed by atoms with E-state index in [1.807, 2.05) is 0 Å². The highest BCUT2D eigenvalue weighted by atomic mass is 31.2. The molecule has 110 valence electrons. The lowest BCUT2D eigenvalue weighted by molar-refractivity contribution is -0.00883. The average molecular weight is 310 g/mol. The number of phosphoric ester groups is 2. The van der Waals surface area contributed by atoms with Crippen molar-refractivity contribution >= 4 is 15.6 Å². The van der Waals surface area contributed by atoms with Gasteiger partial charge in [0.2, 0.25) is 0 Å². The van der Waals surface area contributed by atoms with E-state index in [2.05, 4.69) is 13.8 Å². The summed E-state index contributed by atoms with van der Waals surface area (Å²) in [6.45, 7) is -0.647. The molecule has 0 spiro atoms. The van der Waals surface area contributed by atoms with Gasteiger partial charge in [-0.15, -0.1) is 0 Å². The van der Waals surface area contributed by atoms with Crippen molar-refractivity contribution < 1.29 is 47.2 Å². The summed E-state index contributed by atoms with van der Waals surface area (Å²) in [5.74, 6) is 0. The van der Waals surface area contributed by atoms with E-state index in [9.17, 15) is 9.13 Å². The van der Waals surface area contributed by atoms with Gasteiger partial charge in [-0.3, -0.25) is 9.05 Å². The maximum Gasteiger partial charge on any atom is 0.470 e. The van der Waals surface area contributed by atoms with Gasteiger partial charge in [-0.25, -0.2) is 9.13 Å². The molecule has 0 saturated carbocycles. The molecular formula is C6H16O10P2. The van der Waals surface area contributed by atoms with Gasteiger partial charge >= 0.3 is 15.6 Å². The molecule has 0 bridgehead atoms. The van der Waals surface area contributed by atoms with Crippen molar-refractivity contribution in [2.24, 2.45) is 0 Å². The maximum atomic E-state index is 10.6. The minimum Gasteiger partial charge on any atom is -0.382 e. The van der Waals surface area contributed by atoms with Gasteiger partial charge in [0.1, 0.15) is 6.10 Å². The van der Waals surface area contributed by atoms with Crippen molar-refractivity contribution in [3.05, 3.63) is 0 Å². The largest absolute Gasteiger partial charge is 0.470 e. The van der Waals surface area contributed by atoms with Gasteiger partial charge in [-0.1, -0.05) is 0 Å². The summed E-state index contributed by atoms with van der Waals surface area (Å²) in [6.07, 6.45) is -1.31. The van der Waals surface area contributed by atoms with E-state index in [0.717, 1.165) is 0 Å². The highest BCUT2D eigenvalue weighted by molar-refractivity contribution is 7.46. The predicted molar refractivity (Wildman–Crippen MR) is 57.6 cm³/mol. The summed E-state index contributed by atoms with van der Waals surface area (Å²) < 4.78 is 38.9. The Morgan fingerprint density at radius 3 is 2.06 bits per heavy atom. The topological polar surface area (TPSA) is 152 Å². The first-order valence-corrected chi connectivity index (χ1v) is 7.71. The van der Waals surface area contributed by atoms with Gasteiger partial charge in [-0.2, -0.15) is 0 Å². The molecule has 0 aromatic rings. The molecule has 10 nitrogen and oxygen atoms in total. The fourth-order valence-corrected chi connectivity index (χ4v) is 1.71. The first-order valence-electron chi connectivity index (χ1n) is 4.65. The minimum absolute atomic E-state index is 0.132. The van der Waals surface area contributed by atoms with Crippen LogP contribution in [-0.2, 0) is 27.7 Å². The first kappa shape index (κ1) is 18.1. The molecule has 0 saturated heterocycles. The van der Waals surface area contributed by atoms with E-state index in [1.165, 1.54) is 7.11 Å². The third-order valence-electron chi connectivity index (χ3n) is 1.45. The van der Waals surface area contributed by atoms with E-state index >= 15 is 0 Å². The summed E-state index contributed by atoms with van der Waals surface area (Å²) in [7, 11) is -8.11. The molecule has 0 rings (SSSR count). The fraction of sp³-hybridized carbons (Fsp3) is 1.00. The summed E-state index contributed by atoms with van der Waals surface area (Å²) >= 11 is 0. The van der Waals surface area contributed by atoms with Gasteiger partial charge in [-0.05, 0) is 0 Å². The molecule has 0 radical (unpaired) electrons. The van der Waals surface area contributed by atoms with Crippen LogP contribution in [-0.4, -0.2) is 59.2 Å². The van der Waals surface area contributed by atoms with E-state index in [0.29, 0.717) is 0 Å². The number of methoxy groups -OCH3 is 1. The highest BCUT2D eigenvalue weighted by Gasteiger charge is 2.25. The third-order valence-corrected chi connectivity index (χ3v) is 2.51. The fourth-order valence-electron chi connectivity index (χ4n) is 0.840. The van der Waals surface area contributed by atoms with Crippen LogP contribution in [0.15, 0.2) is 0 Å². The number of phosphoric acid groups is 2. The lowest BCUT2D eigenvalue weighted by Crippen LogP contribution is -2.25. The van der Waals surface area contributed by atoms with Crippen molar-refractivity contribution in [2.75, 3.05) is 33.5 Å². The van der Waals surface area contributed by atoms with E-state index in [1.54, 1.807) is 0 Å². The van der Waals surface area contributed by atoms with E-state index in [-0.39, 0.29) is 19.8 Å². The maximum absolute atomic E-state index is 10.6. The summed E-state index contributed by atoms with van der Waals surface area (Å²) in [6, 6.07) is 0. The van der Waals surface area contributed by atoms with Crippen LogP contribution in [0.2, 0.25) is 0 Å². The van der Waals surface area contributed by atoms with Crippen molar-refractivity contribution in [1.82, 2.24) is 0 Å². The molecule has 4 N–H and O–H groups in total. The molecule has 18 heavy (non-hydrogen) atoms. The summed E-state index contributed by atoms with van der Waals surface area (Å²) in [5, 5.41) is 0. The van der Waals surface area contributed by atoms with Crippen LogP contribution in [0.4, 0.5) is 0 Å². The molecule has 1 unspecified atom stereocenters. The van der Waals surface area contributed by atoms with Crippen LogP contribution in [0.5, 0.6) is 0 Å². The van der Waals surface area contributed by atoms with Crippen LogP contribution in [0.1, 0.15) is 0 Å². The van der Waals surface area contributed by atoms with Crippen LogP contribution >= 0.6 is 15.6 Å². The second kappa shape index (κ2) is 8.34. The van der Waals surface area contributed by atoms with Gasteiger partial charge in [0.25, 0.3) is 0 Å². The average Bonchev–Trinajstić information content (AvgIpc) is 2.17. The molecular weight excluding hydrogens is 294 g/mol. The normalized spacial score (nSPS) is 14.7. The third kappa shape index (κ3) is 12.6. The Morgan fingerprint density at radius 1 is 1.00 bits per heavy atom. The molecule has 0 heterocycles. The van der Waals surface area contributed by atoms with Crippen LogP contribution in [0.25, 0.3) is 0 Å². The van der Waals surface area contributed by atoms with Crippen LogP contribution in [0, 0.1) is 0 Å². The van der Waals surface area contributed by atoms with Crippen LogP contribution in [0.3, 0.4) is 0 Å². The van der Waals surface area contributed by atoms with Crippen molar-refractivity contribution in [3.8, 4) is 0 Å². The second-order valence-electron chi connectivity index (χ2n) is 3.07. The van der Waals surface area contributed by atoms with Crippen molar-refractivity contribution in [1.29, 1.82) is 0 Å². The van der Waals surface area contributed by atoms with Crippen molar-refractivity contribution in [3.63, 3.8) is 0 Å². The van der Waals surface area contributed by atoms with Gasteiger partial charge in [0, 0.05) is 7.11 Å². The number of ether oxygens (including phenoxy) is 2.